The first-order valence-electron chi connectivity index (χ1n) is 9.68. The highest BCUT2D eigenvalue weighted by atomic mass is 16.5. The fraction of sp³-hybridized carbons (Fsp3) is 0.318. The van der Waals surface area contributed by atoms with E-state index in [1.54, 1.807) is 37.2 Å². The maximum atomic E-state index is 13.1. The molecular formula is C22H24N4O3. The lowest BCUT2D eigenvalue weighted by Gasteiger charge is -2.29. The molecule has 1 amide bonds. The summed E-state index contributed by atoms with van der Waals surface area (Å²) in [6, 6.07) is 15.3. The van der Waals surface area contributed by atoms with Crippen LogP contribution in [0, 0.1) is 0 Å². The fourth-order valence-electron chi connectivity index (χ4n) is 3.62. The van der Waals surface area contributed by atoms with Crippen LogP contribution in [0.1, 0.15) is 16.1 Å². The minimum Gasteiger partial charge on any atom is -0.378 e. The molecule has 0 unspecified atom stereocenters. The molecular weight excluding hydrogens is 368 g/mol. The molecule has 150 valence electrons. The Kier molecular flexibility index (Phi) is 5.31. The number of amides is 1. The van der Waals surface area contributed by atoms with E-state index in [0.29, 0.717) is 17.3 Å². The first kappa shape index (κ1) is 19.1. The first-order valence-corrected chi connectivity index (χ1v) is 9.68. The molecule has 4 rings (SSSR count). The zero-order valence-electron chi connectivity index (χ0n) is 16.7. The van der Waals surface area contributed by atoms with Crippen molar-refractivity contribution < 1.29 is 9.53 Å². The molecule has 7 heteroatoms. The molecule has 1 aliphatic rings. The maximum absolute atomic E-state index is 13.1. The van der Waals surface area contributed by atoms with Gasteiger partial charge in [-0.1, -0.05) is 30.3 Å². The lowest BCUT2D eigenvalue weighted by atomic mass is 10.1. The highest BCUT2D eigenvalue weighted by Crippen LogP contribution is 2.19. The number of carbonyl (C=O) groups excluding carboxylic acids is 1. The Morgan fingerprint density at radius 2 is 1.72 bits per heavy atom. The molecule has 0 saturated carbocycles. The number of nitrogens with zero attached hydrogens (tertiary/aromatic N) is 4. The predicted octanol–water partition coefficient (Wildman–Crippen LogP) is 2.04. The van der Waals surface area contributed by atoms with Crippen LogP contribution in [-0.2, 0) is 18.3 Å². The monoisotopic (exact) mass is 392 g/mol. The number of hydrogen-bond donors (Lipinski definition) is 0. The molecule has 0 spiro atoms. The van der Waals surface area contributed by atoms with Gasteiger partial charge in [0.25, 0.3) is 11.5 Å². The number of fused-ring (bicyclic) bond motifs is 1. The van der Waals surface area contributed by atoms with Crippen LogP contribution < -0.4 is 10.5 Å². The van der Waals surface area contributed by atoms with E-state index in [4.69, 9.17) is 4.74 Å². The summed E-state index contributed by atoms with van der Waals surface area (Å²) in [4.78, 5) is 29.3. The van der Waals surface area contributed by atoms with Gasteiger partial charge in [-0.3, -0.25) is 9.59 Å². The summed E-state index contributed by atoms with van der Waals surface area (Å²) >= 11 is 0. The third-order valence-corrected chi connectivity index (χ3v) is 5.24. The van der Waals surface area contributed by atoms with Crippen molar-refractivity contribution in [3.8, 4) is 0 Å². The van der Waals surface area contributed by atoms with E-state index in [0.717, 1.165) is 37.6 Å². The van der Waals surface area contributed by atoms with Crippen LogP contribution in [0.15, 0.2) is 53.3 Å². The summed E-state index contributed by atoms with van der Waals surface area (Å²) in [5.41, 5.74) is 2.28. The van der Waals surface area contributed by atoms with Gasteiger partial charge in [-0.05, 0) is 23.8 Å². The van der Waals surface area contributed by atoms with Gasteiger partial charge in [-0.2, -0.15) is 5.10 Å². The largest absolute Gasteiger partial charge is 0.378 e. The highest BCUT2D eigenvalue weighted by molar-refractivity contribution is 6.04. The first-order chi connectivity index (χ1) is 14.0. The molecule has 1 aliphatic heterocycles. The number of carbonyl (C=O) groups is 1. The van der Waals surface area contributed by atoms with Crippen molar-refractivity contribution >= 4 is 22.4 Å². The summed E-state index contributed by atoms with van der Waals surface area (Å²) < 4.78 is 6.62. The number of morpholine rings is 1. The number of aryl methyl sites for hydroxylation is 1. The Hall–Kier alpha value is -3.19. The summed E-state index contributed by atoms with van der Waals surface area (Å²) in [5, 5.41) is 5.31. The van der Waals surface area contributed by atoms with Crippen molar-refractivity contribution in [2.24, 2.45) is 7.05 Å². The van der Waals surface area contributed by atoms with Gasteiger partial charge < -0.3 is 14.5 Å². The molecule has 0 aliphatic carbocycles. The molecule has 3 aromatic rings. The van der Waals surface area contributed by atoms with E-state index in [9.17, 15) is 9.59 Å². The van der Waals surface area contributed by atoms with E-state index < -0.39 is 0 Å². The second-order valence-electron chi connectivity index (χ2n) is 7.25. The smallest absolute Gasteiger partial charge is 0.274 e. The van der Waals surface area contributed by atoms with Crippen molar-refractivity contribution in [2.75, 3.05) is 38.3 Å². The number of aromatic nitrogens is 2. The van der Waals surface area contributed by atoms with E-state index >= 15 is 0 Å². The standard InChI is InChI=1S/C22H24N4O3/c1-24(15-16-7-9-17(10-8-16)26-11-13-29-14-12-26)22(28)20-18-5-3-4-6-19(18)21(27)25(2)23-20/h3-10H,11-15H2,1-2H3. The number of benzene rings is 2. The van der Waals surface area contributed by atoms with Gasteiger partial charge in [-0.25, -0.2) is 4.68 Å². The zero-order valence-corrected chi connectivity index (χ0v) is 16.7. The average Bonchev–Trinajstić information content (AvgIpc) is 2.77. The van der Waals surface area contributed by atoms with Gasteiger partial charge in [-0.15, -0.1) is 0 Å². The van der Waals surface area contributed by atoms with Gasteiger partial charge in [0, 0.05) is 44.8 Å². The number of anilines is 1. The maximum Gasteiger partial charge on any atom is 0.274 e. The minimum absolute atomic E-state index is 0.210. The van der Waals surface area contributed by atoms with Gasteiger partial charge >= 0.3 is 0 Å². The highest BCUT2D eigenvalue weighted by Gasteiger charge is 2.19. The molecule has 0 atom stereocenters. The number of rotatable bonds is 4. The average molecular weight is 392 g/mol. The molecule has 0 N–H and O–H groups in total. The van der Waals surface area contributed by atoms with Gasteiger partial charge in [0.15, 0.2) is 5.69 Å². The summed E-state index contributed by atoms with van der Waals surface area (Å²) in [7, 11) is 3.32. The molecule has 29 heavy (non-hydrogen) atoms. The lowest BCUT2D eigenvalue weighted by Crippen LogP contribution is -2.36. The molecule has 2 heterocycles. The van der Waals surface area contributed by atoms with Gasteiger partial charge in [0.05, 0.1) is 18.6 Å². The van der Waals surface area contributed by atoms with Crippen LogP contribution >= 0.6 is 0 Å². The SMILES string of the molecule is CN(Cc1ccc(N2CCOCC2)cc1)C(=O)c1nn(C)c(=O)c2ccccc12. The van der Waals surface area contributed by atoms with E-state index in [-0.39, 0.29) is 17.2 Å². The Morgan fingerprint density at radius 3 is 2.41 bits per heavy atom. The van der Waals surface area contributed by atoms with Crippen LogP contribution in [-0.4, -0.2) is 53.9 Å². The summed E-state index contributed by atoms with van der Waals surface area (Å²) in [6.07, 6.45) is 0. The number of hydrogen-bond acceptors (Lipinski definition) is 5. The molecule has 2 aromatic carbocycles. The molecule has 0 radical (unpaired) electrons. The van der Waals surface area contributed by atoms with Crippen molar-refractivity contribution in [3.05, 3.63) is 70.1 Å². The fourth-order valence-corrected chi connectivity index (χ4v) is 3.62. The predicted molar refractivity (Wildman–Crippen MR) is 112 cm³/mol. The topological polar surface area (TPSA) is 67.7 Å². The Balaban J connectivity index is 1.54. The van der Waals surface area contributed by atoms with Crippen LogP contribution in [0.2, 0.25) is 0 Å². The van der Waals surface area contributed by atoms with Crippen molar-refractivity contribution in [1.82, 2.24) is 14.7 Å². The summed E-state index contributed by atoms with van der Waals surface area (Å²) in [5.74, 6) is -0.214. The van der Waals surface area contributed by atoms with Crippen LogP contribution in [0.5, 0.6) is 0 Å². The Morgan fingerprint density at radius 1 is 1.07 bits per heavy atom. The Labute approximate surface area is 169 Å². The summed E-state index contributed by atoms with van der Waals surface area (Å²) in [6.45, 7) is 3.74. The van der Waals surface area contributed by atoms with E-state index in [2.05, 4.69) is 22.1 Å². The second-order valence-corrected chi connectivity index (χ2v) is 7.25. The Bertz CT molecular complexity index is 1090. The third kappa shape index (κ3) is 3.86. The molecule has 0 bridgehead atoms. The quantitative estimate of drug-likeness (QED) is 0.680. The molecule has 7 nitrogen and oxygen atoms in total. The minimum atomic E-state index is -0.214. The second kappa shape index (κ2) is 8.05. The van der Waals surface area contributed by atoms with Crippen molar-refractivity contribution in [3.63, 3.8) is 0 Å². The van der Waals surface area contributed by atoms with Crippen LogP contribution in [0.25, 0.3) is 10.8 Å². The van der Waals surface area contributed by atoms with Crippen molar-refractivity contribution in [1.29, 1.82) is 0 Å². The van der Waals surface area contributed by atoms with E-state index in [1.165, 1.54) is 4.68 Å². The normalized spacial score (nSPS) is 14.2. The van der Waals surface area contributed by atoms with Crippen LogP contribution in [0.4, 0.5) is 5.69 Å². The van der Waals surface area contributed by atoms with Crippen molar-refractivity contribution in [2.45, 2.75) is 6.54 Å². The van der Waals surface area contributed by atoms with E-state index in [1.807, 2.05) is 18.2 Å². The zero-order chi connectivity index (χ0) is 20.4. The number of ether oxygens (including phenoxy) is 1. The molecule has 1 saturated heterocycles. The molecule has 1 fully saturated rings. The van der Waals surface area contributed by atoms with Crippen LogP contribution in [0.3, 0.4) is 0 Å². The van der Waals surface area contributed by atoms with Gasteiger partial charge in [0.1, 0.15) is 0 Å². The lowest BCUT2D eigenvalue weighted by molar-refractivity contribution is 0.0779. The molecule has 1 aromatic heterocycles. The van der Waals surface area contributed by atoms with Gasteiger partial charge in [0.2, 0.25) is 0 Å². The third-order valence-electron chi connectivity index (χ3n) is 5.24.